The quantitative estimate of drug-likeness (QED) is 0.218. The number of benzene rings is 4. The molecule has 1 N–H and O–H groups in total. The Bertz CT molecular complexity index is 1300. The number of rotatable bonds is 5. The van der Waals surface area contributed by atoms with E-state index in [2.05, 4.69) is 10.5 Å². The lowest BCUT2D eigenvalue weighted by atomic mass is 10.0. The van der Waals surface area contributed by atoms with Crippen LogP contribution in [0.5, 0.6) is 5.75 Å². The molecule has 0 saturated carbocycles. The molecule has 0 saturated heterocycles. The van der Waals surface area contributed by atoms with E-state index in [4.69, 9.17) is 4.74 Å². The largest absolute Gasteiger partial charge is 0.423 e. The molecule has 4 rings (SSSR count). The van der Waals surface area contributed by atoms with Crippen LogP contribution in [0.15, 0.2) is 96.1 Å². The zero-order valence-electron chi connectivity index (χ0n) is 16.3. The zero-order chi connectivity index (χ0) is 21.6. The summed E-state index contributed by atoms with van der Waals surface area (Å²) in [7, 11) is 0. The van der Waals surface area contributed by atoms with Gasteiger partial charge in [0.15, 0.2) is 0 Å². The molecular formula is C25H17FN2O3. The lowest BCUT2D eigenvalue weighted by molar-refractivity contribution is 0.0734. The van der Waals surface area contributed by atoms with Gasteiger partial charge in [0.1, 0.15) is 11.6 Å². The van der Waals surface area contributed by atoms with Gasteiger partial charge in [-0.15, -0.1) is 0 Å². The van der Waals surface area contributed by atoms with Gasteiger partial charge in [0.05, 0.1) is 11.8 Å². The van der Waals surface area contributed by atoms with Gasteiger partial charge in [-0.2, -0.15) is 5.10 Å². The van der Waals surface area contributed by atoms with E-state index in [-0.39, 0.29) is 17.2 Å². The summed E-state index contributed by atoms with van der Waals surface area (Å²) in [5.74, 6) is -1.24. The number of carbonyl (C=O) groups excluding carboxylic acids is 2. The zero-order valence-corrected chi connectivity index (χ0v) is 16.3. The van der Waals surface area contributed by atoms with Crippen LogP contribution in [0.3, 0.4) is 0 Å². The van der Waals surface area contributed by atoms with E-state index in [9.17, 15) is 14.0 Å². The number of hydrogen-bond acceptors (Lipinski definition) is 4. The molecule has 1 amide bonds. The number of nitrogens with zero attached hydrogens (tertiary/aromatic N) is 1. The molecule has 0 fully saturated rings. The van der Waals surface area contributed by atoms with Gasteiger partial charge < -0.3 is 4.74 Å². The minimum atomic E-state index is -0.669. The molecule has 0 unspecified atom stereocenters. The Balaban J connectivity index is 1.44. The molecule has 0 atom stereocenters. The summed E-state index contributed by atoms with van der Waals surface area (Å²) in [6.07, 6.45) is 1.45. The third-order valence-electron chi connectivity index (χ3n) is 4.54. The third kappa shape index (κ3) is 4.82. The van der Waals surface area contributed by atoms with E-state index in [1.807, 2.05) is 36.4 Å². The van der Waals surface area contributed by atoms with Crippen LogP contribution in [0, 0.1) is 5.82 Å². The first-order valence-corrected chi connectivity index (χ1v) is 9.49. The van der Waals surface area contributed by atoms with Crippen LogP contribution in [-0.2, 0) is 0 Å². The van der Waals surface area contributed by atoms with Crippen molar-refractivity contribution in [2.24, 2.45) is 5.10 Å². The second-order valence-electron chi connectivity index (χ2n) is 6.70. The number of hydrazone groups is 1. The number of hydrogen-bond donors (Lipinski definition) is 1. The molecule has 0 aliphatic heterocycles. The summed E-state index contributed by atoms with van der Waals surface area (Å²) in [4.78, 5) is 24.7. The maximum atomic E-state index is 13.3. The first-order valence-electron chi connectivity index (χ1n) is 9.49. The van der Waals surface area contributed by atoms with Crippen LogP contribution in [0.25, 0.3) is 10.8 Å². The minimum absolute atomic E-state index is 0.112. The van der Waals surface area contributed by atoms with Gasteiger partial charge in [-0.1, -0.05) is 54.6 Å². The van der Waals surface area contributed by atoms with Crippen molar-refractivity contribution in [3.05, 3.63) is 114 Å². The SMILES string of the molecule is O=C(Oc1cccc(/C=N\NC(=O)c2cccc3ccccc23)c1)c1cccc(F)c1. The highest BCUT2D eigenvalue weighted by molar-refractivity contribution is 6.07. The molecule has 4 aromatic carbocycles. The fourth-order valence-electron chi connectivity index (χ4n) is 3.09. The molecule has 4 aromatic rings. The van der Waals surface area contributed by atoms with Gasteiger partial charge in [0.2, 0.25) is 0 Å². The molecule has 0 spiro atoms. The molecule has 0 heterocycles. The highest BCUT2D eigenvalue weighted by Crippen LogP contribution is 2.18. The maximum Gasteiger partial charge on any atom is 0.343 e. The second-order valence-corrected chi connectivity index (χ2v) is 6.70. The van der Waals surface area contributed by atoms with Crippen molar-refractivity contribution < 1.29 is 18.7 Å². The highest BCUT2D eigenvalue weighted by atomic mass is 19.1. The molecule has 152 valence electrons. The van der Waals surface area contributed by atoms with Crippen LogP contribution in [-0.4, -0.2) is 18.1 Å². The average Bonchev–Trinajstić information content (AvgIpc) is 2.79. The van der Waals surface area contributed by atoms with Crippen LogP contribution >= 0.6 is 0 Å². The molecule has 5 nitrogen and oxygen atoms in total. The monoisotopic (exact) mass is 412 g/mol. The standard InChI is InChI=1S/C25H17FN2O3/c26-20-10-4-9-19(15-20)25(30)31-21-11-3-6-17(14-21)16-27-28-24(29)23-13-5-8-18-7-1-2-12-22(18)23/h1-16H,(H,28,29)/b27-16-. The average molecular weight is 412 g/mol. The van der Waals surface area contributed by atoms with E-state index in [1.165, 1.54) is 24.4 Å². The minimum Gasteiger partial charge on any atom is -0.423 e. The van der Waals surface area contributed by atoms with E-state index in [1.54, 1.807) is 30.3 Å². The molecule has 0 aliphatic rings. The second kappa shape index (κ2) is 9.00. The summed E-state index contributed by atoms with van der Waals surface area (Å²) < 4.78 is 18.6. The van der Waals surface area contributed by atoms with Crippen LogP contribution < -0.4 is 10.2 Å². The van der Waals surface area contributed by atoms with E-state index in [0.29, 0.717) is 11.1 Å². The number of halogens is 1. The van der Waals surface area contributed by atoms with Gasteiger partial charge in [-0.05, 0) is 52.7 Å². The summed E-state index contributed by atoms with van der Waals surface area (Å²) in [6, 6.07) is 25.0. The summed E-state index contributed by atoms with van der Waals surface area (Å²) in [5.41, 5.74) is 3.76. The van der Waals surface area contributed by atoms with E-state index < -0.39 is 11.8 Å². The number of nitrogens with one attached hydrogen (secondary N) is 1. The number of amides is 1. The lowest BCUT2D eigenvalue weighted by Gasteiger charge is -2.06. The third-order valence-corrected chi connectivity index (χ3v) is 4.54. The predicted octanol–water partition coefficient (Wildman–Crippen LogP) is 4.96. The van der Waals surface area contributed by atoms with E-state index >= 15 is 0 Å². The van der Waals surface area contributed by atoms with Crippen LogP contribution in [0.1, 0.15) is 26.3 Å². The van der Waals surface area contributed by atoms with Crippen LogP contribution in [0.4, 0.5) is 4.39 Å². The number of carbonyl (C=O) groups is 2. The highest BCUT2D eigenvalue weighted by Gasteiger charge is 2.10. The first-order chi connectivity index (χ1) is 15.1. The van der Waals surface area contributed by atoms with Gasteiger partial charge in [-0.3, -0.25) is 4.79 Å². The van der Waals surface area contributed by atoms with Gasteiger partial charge in [0.25, 0.3) is 5.91 Å². The summed E-state index contributed by atoms with van der Waals surface area (Å²) >= 11 is 0. The molecule has 6 heteroatoms. The van der Waals surface area contributed by atoms with Crippen molar-refractivity contribution in [1.29, 1.82) is 0 Å². The fraction of sp³-hybridized carbons (Fsp3) is 0. The van der Waals surface area contributed by atoms with Crippen molar-refractivity contribution in [2.75, 3.05) is 0 Å². The smallest absolute Gasteiger partial charge is 0.343 e. The molecule has 0 aromatic heterocycles. The molecular weight excluding hydrogens is 395 g/mol. The number of ether oxygens (including phenoxy) is 1. The van der Waals surface area contributed by atoms with Gasteiger partial charge in [0, 0.05) is 5.56 Å². The Morgan fingerprint density at radius 3 is 2.52 bits per heavy atom. The first kappa shape index (κ1) is 20.0. The Labute approximate surface area is 177 Å². The maximum absolute atomic E-state index is 13.3. The van der Waals surface area contributed by atoms with Crippen molar-refractivity contribution in [3.63, 3.8) is 0 Å². The predicted molar refractivity (Wildman–Crippen MR) is 117 cm³/mol. The van der Waals surface area contributed by atoms with Crippen molar-refractivity contribution >= 4 is 28.9 Å². The Morgan fingerprint density at radius 1 is 0.871 bits per heavy atom. The van der Waals surface area contributed by atoms with Gasteiger partial charge >= 0.3 is 5.97 Å². The molecule has 0 aliphatic carbocycles. The van der Waals surface area contributed by atoms with Crippen molar-refractivity contribution in [3.8, 4) is 5.75 Å². The van der Waals surface area contributed by atoms with Crippen molar-refractivity contribution in [2.45, 2.75) is 0 Å². The van der Waals surface area contributed by atoms with Crippen molar-refractivity contribution in [1.82, 2.24) is 5.43 Å². The Hall–Kier alpha value is -4.32. The fourth-order valence-corrected chi connectivity index (χ4v) is 3.09. The van der Waals surface area contributed by atoms with Crippen LogP contribution in [0.2, 0.25) is 0 Å². The Kier molecular flexibility index (Phi) is 5.80. The molecule has 0 bridgehead atoms. The lowest BCUT2D eigenvalue weighted by Crippen LogP contribution is -2.17. The number of esters is 1. The summed E-state index contributed by atoms with van der Waals surface area (Å²) in [6.45, 7) is 0. The molecule has 31 heavy (non-hydrogen) atoms. The van der Waals surface area contributed by atoms with E-state index in [0.717, 1.165) is 16.8 Å². The normalized spacial score (nSPS) is 10.9. The number of fused-ring (bicyclic) bond motifs is 1. The van der Waals surface area contributed by atoms with Gasteiger partial charge in [-0.25, -0.2) is 14.6 Å². The molecule has 0 radical (unpaired) electrons. The topological polar surface area (TPSA) is 67.8 Å². The Morgan fingerprint density at radius 2 is 1.65 bits per heavy atom. The summed E-state index contributed by atoms with van der Waals surface area (Å²) in [5, 5.41) is 5.80.